The first-order valence-corrected chi connectivity index (χ1v) is 25.8. The van der Waals surface area contributed by atoms with E-state index in [0.29, 0.717) is 0 Å². The molecule has 9 rings (SSSR count). The zero-order valence-corrected chi connectivity index (χ0v) is 36.1. The van der Waals surface area contributed by atoms with E-state index in [2.05, 4.69) is 106 Å². The molecule has 0 aliphatic heterocycles. The molecule has 1 radical (unpaired) electrons. The van der Waals surface area contributed by atoms with Gasteiger partial charge in [0.25, 0.3) is 0 Å². The first-order valence-electron chi connectivity index (χ1n) is 19.4. The third-order valence-electron chi connectivity index (χ3n) is 9.50. The number of imidazole rings is 1. The van der Waals surface area contributed by atoms with E-state index in [-0.39, 0.29) is 26.0 Å². The first kappa shape index (κ1) is 35.6. The number of hydrogen-bond donors (Lipinski definition) is 0. The molecule has 0 saturated carbocycles. The van der Waals surface area contributed by atoms with Crippen LogP contribution in [0.3, 0.4) is 0 Å². The Hall–Kier alpha value is -5.07. The second-order valence-corrected chi connectivity index (χ2v) is 25.4. The van der Waals surface area contributed by atoms with Gasteiger partial charge >= 0.3 is 128 Å². The molecule has 3 aromatic heterocycles. The molecule has 0 N–H and O–H groups in total. The number of hydrogen-bond acceptors (Lipinski definition) is 3. The van der Waals surface area contributed by atoms with Gasteiger partial charge in [-0.3, -0.25) is 4.98 Å². The van der Waals surface area contributed by atoms with Crippen LogP contribution in [0.15, 0.2) is 156 Å². The molecule has 0 saturated heterocycles. The average molecular weight is 957 g/mol. The molecule has 6 aromatic carbocycles. The number of fused-ring (bicyclic) bond motifs is 4. The van der Waals surface area contributed by atoms with Gasteiger partial charge in [-0.05, 0) is 41.5 Å². The molecule has 0 aliphatic rings. The fourth-order valence-electron chi connectivity index (χ4n) is 6.93. The predicted octanol–water partition coefficient (Wildman–Crippen LogP) is 12.3. The molecule has 4 nitrogen and oxygen atoms in total. The van der Waals surface area contributed by atoms with Crippen molar-refractivity contribution in [3.8, 4) is 39.5 Å². The molecule has 0 spiro atoms. The van der Waals surface area contributed by atoms with Gasteiger partial charge in [0.15, 0.2) is 0 Å². The maximum Gasteiger partial charge on any atom is 0.120 e. The Balaban J connectivity index is 0.000000189. The van der Waals surface area contributed by atoms with Gasteiger partial charge in [0.2, 0.25) is 0 Å². The Morgan fingerprint density at radius 2 is 1.45 bits per heavy atom. The van der Waals surface area contributed by atoms with E-state index < -0.39 is 19.6 Å². The van der Waals surface area contributed by atoms with Gasteiger partial charge in [0, 0.05) is 31.2 Å². The molecule has 0 atom stereocenters. The molecule has 0 aliphatic carbocycles. The summed E-state index contributed by atoms with van der Waals surface area (Å²) in [6, 6.07) is 55.7. The molecule has 3 heterocycles. The van der Waals surface area contributed by atoms with Gasteiger partial charge in [0.05, 0.1) is 22.4 Å². The summed E-state index contributed by atoms with van der Waals surface area (Å²) in [5.74, 6) is 7.59. The van der Waals surface area contributed by atoms with Crippen molar-refractivity contribution in [2.75, 3.05) is 0 Å². The van der Waals surface area contributed by atoms with E-state index in [1.165, 1.54) is 11.1 Å². The van der Waals surface area contributed by atoms with Crippen molar-refractivity contribution in [2.24, 2.45) is 5.92 Å². The predicted molar refractivity (Wildman–Crippen MR) is 228 cm³/mol. The van der Waals surface area contributed by atoms with Crippen LogP contribution in [-0.4, -0.2) is 27.8 Å². The third kappa shape index (κ3) is 8.02. The van der Waals surface area contributed by atoms with Gasteiger partial charge in [-0.1, -0.05) is 83.7 Å². The van der Waals surface area contributed by atoms with Crippen molar-refractivity contribution < 1.29 is 27.3 Å². The number of nitrogens with zero attached hydrogens (tertiary/aromatic N) is 3. The van der Waals surface area contributed by atoms with Crippen LogP contribution in [0.2, 0.25) is 17.3 Å². The number of para-hydroxylation sites is 3. The second-order valence-electron chi connectivity index (χ2n) is 14.8. The molecule has 0 unspecified atom stereocenters. The molecule has 9 aromatic rings. The Morgan fingerprint density at radius 3 is 2.20 bits per heavy atom. The molecular formula is C49H43GeIrN3O-2. The summed E-state index contributed by atoms with van der Waals surface area (Å²) in [6.07, 6.45) is 0.562. The fourth-order valence-corrected chi connectivity index (χ4v) is 9.87. The van der Waals surface area contributed by atoms with Gasteiger partial charge < -0.3 is 8.98 Å². The molecule has 55 heavy (non-hydrogen) atoms. The van der Waals surface area contributed by atoms with Crippen LogP contribution in [0.25, 0.3) is 72.4 Å². The largest absolute Gasteiger partial charge is 0.501 e. The Labute approximate surface area is 342 Å². The Bertz CT molecular complexity index is 2790. The van der Waals surface area contributed by atoms with Crippen LogP contribution in [0.1, 0.15) is 22.2 Å². The van der Waals surface area contributed by atoms with Crippen molar-refractivity contribution in [1.82, 2.24) is 14.5 Å². The van der Waals surface area contributed by atoms with E-state index >= 15 is 0 Å². The summed E-state index contributed by atoms with van der Waals surface area (Å²) in [6.45, 7) is 3.88. The summed E-state index contributed by atoms with van der Waals surface area (Å²) < 4.78 is 26.8. The quantitative estimate of drug-likeness (QED) is 0.118. The maximum absolute atomic E-state index is 8.56. The standard InChI is InChI=1S/C31H19N2O.C18H24GeN.Ir/c1-2-9-21(10-3-1)22-17-19-23(20-18-22)33-28-15-6-5-14-27(28)32-31(33)26-13-8-12-25-24-11-4-7-16-29(24)34-30(25)26;1-14(2)11-16-12-18(15-9-7-6-8-10-15)20-13-17(16)19(3,4)5;/h1-12,14-20H;6-9,12-14H,11H2,1-5H3;/q2*-1;/i;11D2;. The van der Waals surface area contributed by atoms with Crippen LogP contribution in [0.4, 0.5) is 0 Å². The van der Waals surface area contributed by atoms with E-state index in [9.17, 15) is 0 Å². The number of rotatable bonds is 7. The van der Waals surface area contributed by atoms with Crippen LogP contribution in [0.5, 0.6) is 0 Å². The zero-order valence-electron chi connectivity index (χ0n) is 33.6. The van der Waals surface area contributed by atoms with E-state index in [0.717, 1.165) is 71.3 Å². The first-order chi connectivity index (χ1) is 27.0. The molecular weight excluding hydrogens is 911 g/mol. The van der Waals surface area contributed by atoms with Crippen molar-refractivity contribution in [3.05, 3.63) is 169 Å². The topological polar surface area (TPSA) is 43.9 Å². The minimum absolute atomic E-state index is 0. The van der Waals surface area contributed by atoms with Gasteiger partial charge in [-0.15, -0.1) is 18.2 Å². The minimum atomic E-state index is -2.20. The number of furan rings is 1. The smallest absolute Gasteiger partial charge is 0.120 e. The number of aromatic nitrogens is 3. The minimum Gasteiger partial charge on any atom is -0.501 e. The summed E-state index contributed by atoms with van der Waals surface area (Å²) in [7, 11) is 0. The Morgan fingerprint density at radius 1 is 0.745 bits per heavy atom. The summed E-state index contributed by atoms with van der Waals surface area (Å²) in [5, 5.41) is 2.17. The van der Waals surface area contributed by atoms with E-state index in [1.807, 2.05) is 98.9 Å². The van der Waals surface area contributed by atoms with Crippen molar-refractivity contribution in [3.63, 3.8) is 0 Å². The summed E-state index contributed by atoms with van der Waals surface area (Å²) in [4.78, 5) is 9.63. The second kappa shape index (κ2) is 16.3. The normalized spacial score (nSPS) is 12.3. The number of benzene rings is 6. The maximum atomic E-state index is 8.56. The van der Waals surface area contributed by atoms with Crippen LogP contribution in [0, 0.1) is 18.1 Å². The monoisotopic (exact) mass is 958 g/mol. The SMILES string of the molecule is [2H]C([2H])(c1cc(-c2[c-]cccc2)nc[c]1[Ge]([CH3])([CH3])[CH3])C(C)C.[Ir].[c-]1ccc2c(oc3ccccc32)c1-c1nc2ccccc2n1-c1ccc(-c2ccccc2)cc1. The van der Waals surface area contributed by atoms with Crippen LogP contribution in [-0.2, 0) is 26.5 Å². The van der Waals surface area contributed by atoms with Gasteiger partial charge in [0.1, 0.15) is 5.58 Å². The van der Waals surface area contributed by atoms with Crippen molar-refractivity contribution >= 4 is 50.6 Å². The summed E-state index contributed by atoms with van der Waals surface area (Å²) in [5.41, 5.74) is 10.5. The van der Waals surface area contributed by atoms with Crippen LogP contribution < -0.4 is 4.40 Å². The zero-order chi connectivity index (χ0) is 39.0. The van der Waals surface area contributed by atoms with E-state index in [4.69, 9.17) is 12.1 Å². The number of pyridine rings is 1. The molecule has 0 bridgehead atoms. The third-order valence-corrected chi connectivity index (χ3v) is 13.7. The van der Waals surface area contributed by atoms with Crippen molar-refractivity contribution in [2.45, 2.75) is 37.5 Å². The fraction of sp³-hybridized carbons (Fsp3) is 0.143. The molecule has 275 valence electrons. The summed E-state index contributed by atoms with van der Waals surface area (Å²) >= 11 is -2.20. The Kier molecular flexibility index (Phi) is 10.6. The van der Waals surface area contributed by atoms with Gasteiger partial charge in [-0.25, -0.2) is 0 Å². The van der Waals surface area contributed by atoms with Gasteiger partial charge in [-0.2, -0.15) is 0 Å². The average Bonchev–Trinajstić information content (AvgIpc) is 3.80. The molecule has 0 fully saturated rings. The van der Waals surface area contributed by atoms with Crippen LogP contribution >= 0.6 is 0 Å². The van der Waals surface area contributed by atoms with Crippen molar-refractivity contribution in [1.29, 1.82) is 0 Å². The molecule has 6 heteroatoms. The van der Waals surface area contributed by atoms with E-state index in [1.54, 1.807) is 0 Å². The molecule has 0 amide bonds.